The van der Waals surface area contributed by atoms with Gasteiger partial charge in [-0.2, -0.15) is 18.4 Å². The number of anilines is 1. The smallest absolute Gasteiger partial charge is 0.422 e. The van der Waals surface area contributed by atoms with Gasteiger partial charge in [0, 0.05) is 54.3 Å². The largest absolute Gasteiger partial charge is 0.468 e. The molecule has 1 fully saturated rings. The zero-order valence-electron chi connectivity index (χ0n) is 17.6. The minimum Gasteiger partial charge on any atom is -0.468 e. The first-order valence-electron chi connectivity index (χ1n) is 10.4. The van der Waals surface area contributed by atoms with Crippen molar-refractivity contribution >= 4 is 5.95 Å². The molecular formula is C23H21F3N6O. The maximum atomic E-state index is 12.4. The monoisotopic (exact) mass is 454 g/mol. The van der Waals surface area contributed by atoms with Crippen molar-refractivity contribution in [2.75, 3.05) is 24.6 Å². The standard InChI is InChI=1S/C23H21F3N6O/c24-23(25,26)14-33-20-6-5-17(12-29-20)19-13-30-22(32-9-7-18(28)8-10-32)31-21(19)16-3-1-15(11-27)2-4-16/h1-6,12-13,18H,7-10,14,28H2. The highest BCUT2D eigenvalue weighted by atomic mass is 19.4. The number of benzene rings is 1. The fraction of sp³-hybridized carbons (Fsp3) is 0.304. The summed E-state index contributed by atoms with van der Waals surface area (Å²) in [5.74, 6) is 0.446. The van der Waals surface area contributed by atoms with E-state index in [1.54, 1.807) is 36.5 Å². The molecule has 2 aromatic heterocycles. The molecule has 0 radical (unpaired) electrons. The number of halogens is 3. The van der Waals surface area contributed by atoms with E-state index in [1.807, 2.05) is 0 Å². The molecule has 0 unspecified atom stereocenters. The molecule has 7 nitrogen and oxygen atoms in total. The number of piperidine rings is 1. The van der Waals surface area contributed by atoms with E-state index in [2.05, 4.69) is 20.9 Å². The van der Waals surface area contributed by atoms with Crippen LogP contribution in [0.5, 0.6) is 5.88 Å². The summed E-state index contributed by atoms with van der Waals surface area (Å²) in [5.41, 5.74) is 9.22. The second-order valence-electron chi connectivity index (χ2n) is 7.73. The number of rotatable bonds is 5. The van der Waals surface area contributed by atoms with E-state index >= 15 is 0 Å². The molecule has 170 valence electrons. The van der Waals surface area contributed by atoms with Crippen LogP contribution in [0.15, 0.2) is 48.8 Å². The summed E-state index contributed by atoms with van der Waals surface area (Å²) < 4.78 is 41.9. The third-order valence-electron chi connectivity index (χ3n) is 5.32. The van der Waals surface area contributed by atoms with Crippen molar-refractivity contribution in [2.45, 2.75) is 25.1 Å². The molecule has 0 spiro atoms. The first kappa shape index (κ1) is 22.5. The second kappa shape index (κ2) is 9.42. The lowest BCUT2D eigenvalue weighted by molar-refractivity contribution is -0.154. The fourth-order valence-corrected chi connectivity index (χ4v) is 3.54. The highest BCUT2D eigenvalue weighted by molar-refractivity contribution is 5.80. The molecule has 1 aliphatic heterocycles. The molecule has 10 heteroatoms. The van der Waals surface area contributed by atoms with Gasteiger partial charge in [0.25, 0.3) is 0 Å². The number of nitriles is 1. The van der Waals surface area contributed by atoms with Gasteiger partial charge in [-0.05, 0) is 31.0 Å². The molecular weight excluding hydrogens is 433 g/mol. The van der Waals surface area contributed by atoms with E-state index in [-0.39, 0.29) is 11.9 Å². The maximum absolute atomic E-state index is 12.4. The SMILES string of the molecule is N#Cc1ccc(-c2nc(N3CCC(N)CC3)ncc2-c2ccc(OCC(F)(F)F)nc2)cc1. The lowest BCUT2D eigenvalue weighted by Gasteiger charge is -2.30. The number of hydrogen-bond donors (Lipinski definition) is 1. The van der Waals surface area contributed by atoms with Crippen LogP contribution >= 0.6 is 0 Å². The number of nitrogens with zero attached hydrogens (tertiary/aromatic N) is 5. The quantitative estimate of drug-likeness (QED) is 0.623. The average molecular weight is 454 g/mol. The van der Waals surface area contributed by atoms with Crippen LogP contribution in [0.25, 0.3) is 22.4 Å². The van der Waals surface area contributed by atoms with Crippen molar-refractivity contribution in [2.24, 2.45) is 5.73 Å². The molecule has 3 aromatic rings. The number of hydrogen-bond acceptors (Lipinski definition) is 7. The van der Waals surface area contributed by atoms with Crippen LogP contribution < -0.4 is 15.4 Å². The topological polar surface area (TPSA) is 101 Å². The van der Waals surface area contributed by atoms with Gasteiger partial charge >= 0.3 is 6.18 Å². The van der Waals surface area contributed by atoms with Crippen LogP contribution in [0, 0.1) is 11.3 Å². The number of ether oxygens (including phenoxy) is 1. The van der Waals surface area contributed by atoms with E-state index in [9.17, 15) is 13.2 Å². The van der Waals surface area contributed by atoms with Gasteiger partial charge in [0.05, 0.1) is 17.3 Å². The predicted molar refractivity (Wildman–Crippen MR) is 116 cm³/mol. The third kappa shape index (κ3) is 5.56. The van der Waals surface area contributed by atoms with Gasteiger partial charge < -0.3 is 15.4 Å². The first-order valence-corrected chi connectivity index (χ1v) is 10.4. The molecule has 1 aromatic carbocycles. The number of alkyl halides is 3. The lowest BCUT2D eigenvalue weighted by Crippen LogP contribution is -2.40. The molecule has 0 amide bonds. The molecule has 0 atom stereocenters. The van der Waals surface area contributed by atoms with E-state index < -0.39 is 12.8 Å². The summed E-state index contributed by atoms with van der Waals surface area (Å²) in [5, 5.41) is 9.10. The predicted octanol–water partition coefficient (Wildman–Crippen LogP) is 3.95. The Morgan fingerprint density at radius 2 is 1.73 bits per heavy atom. The van der Waals surface area contributed by atoms with Gasteiger partial charge in [0.1, 0.15) is 0 Å². The molecule has 2 N–H and O–H groups in total. The van der Waals surface area contributed by atoms with E-state index in [0.717, 1.165) is 31.5 Å². The molecule has 1 aliphatic rings. The molecule has 4 rings (SSSR count). The van der Waals surface area contributed by atoms with Gasteiger partial charge in [-0.25, -0.2) is 15.0 Å². The summed E-state index contributed by atoms with van der Waals surface area (Å²) in [7, 11) is 0. The van der Waals surface area contributed by atoms with Gasteiger partial charge in [-0.15, -0.1) is 0 Å². The Labute approximate surface area is 188 Å². The van der Waals surface area contributed by atoms with Crippen molar-refractivity contribution in [3.63, 3.8) is 0 Å². The van der Waals surface area contributed by atoms with Crippen molar-refractivity contribution in [1.82, 2.24) is 15.0 Å². The van der Waals surface area contributed by atoms with Crippen LogP contribution in [0.2, 0.25) is 0 Å². The fourth-order valence-electron chi connectivity index (χ4n) is 3.54. The average Bonchev–Trinajstić information content (AvgIpc) is 2.83. The van der Waals surface area contributed by atoms with E-state index in [0.29, 0.717) is 28.3 Å². The van der Waals surface area contributed by atoms with Crippen LogP contribution in [0.1, 0.15) is 18.4 Å². The minimum absolute atomic E-state index is 0.127. The Kier molecular flexibility index (Phi) is 6.42. The van der Waals surface area contributed by atoms with Crippen molar-refractivity contribution in [1.29, 1.82) is 5.26 Å². The Hall–Kier alpha value is -3.71. The molecule has 1 saturated heterocycles. The maximum Gasteiger partial charge on any atom is 0.422 e. The van der Waals surface area contributed by atoms with Gasteiger partial charge in [-0.3, -0.25) is 0 Å². The first-order chi connectivity index (χ1) is 15.8. The van der Waals surface area contributed by atoms with Crippen LogP contribution in [-0.4, -0.2) is 46.9 Å². The van der Waals surface area contributed by atoms with Crippen LogP contribution in [0.4, 0.5) is 19.1 Å². The Morgan fingerprint density at radius 1 is 1.03 bits per heavy atom. The van der Waals surface area contributed by atoms with Gasteiger partial charge in [0.2, 0.25) is 11.8 Å². The zero-order chi connectivity index (χ0) is 23.4. The third-order valence-corrected chi connectivity index (χ3v) is 5.32. The number of aromatic nitrogens is 3. The summed E-state index contributed by atoms with van der Waals surface area (Å²) >= 11 is 0. The molecule has 33 heavy (non-hydrogen) atoms. The van der Waals surface area contributed by atoms with Crippen LogP contribution in [-0.2, 0) is 0 Å². The Bertz CT molecular complexity index is 1130. The minimum atomic E-state index is -4.44. The molecule has 0 saturated carbocycles. The number of pyridine rings is 1. The van der Waals surface area contributed by atoms with E-state index in [1.165, 1.54) is 12.3 Å². The summed E-state index contributed by atoms with van der Waals surface area (Å²) in [6.45, 7) is 0.0907. The Morgan fingerprint density at radius 3 is 2.33 bits per heavy atom. The highest BCUT2D eigenvalue weighted by Crippen LogP contribution is 2.32. The Balaban J connectivity index is 1.68. The van der Waals surface area contributed by atoms with Crippen molar-refractivity contribution < 1.29 is 17.9 Å². The van der Waals surface area contributed by atoms with Crippen molar-refractivity contribution in [3.8, 4) is 34.3 Å². The summed E-state index contributed by atoms with van der Waals surface area (Å²) in [4.78, 5) is 15.4. The van der Waals surface area contributed by atoms with Crippen LogP contribution in [0.3, 0.4) is 0 Å². The highest BCUT2D eigenvalue weighted by Gasteiger charge is 2.28. The van der Waals surface area contributed by atoms with E-state index in [4.69, 9.17) is 20.7 Å². The lowest BCUT2D eigenvalue weighted by atomic mass is 10.0. The normalized spacial score (nSPS) is 14.7. The summed E-state index contributed by atoms with van der Waals surface area (Å²) in [6.07, 6.45) is 0.362. The summed E-state index contributed by atoms with van der Waals surface area (Å²) in [6, 6.07) is 12.3. The number of nitrogens with two attached hydrogens (primary N) is 1. The zero-order valence-corrected chi connectivity index (χ0v) is 17.6. The second-order valence-corrected chi connectivity index (χ2v) is 7.73. The molecule has 3 heterocycles. The van der Waals surface area contributed by atoms with Crippen molar-refractivity contribution in [3.05, 3.63) is 54.4 Å². The molecule has 0 aliphatic carbocycles. The molecule has 0 bridgehead atoms. The van der Waals surface area contributed by atoms with Gasteiger partial charge in [0.15, 0.2) is 6.61 Å². The van der Waals surface area contributed by atoms with Gasteiger partial charge in [-0.1, -0.05) is 12.1 Å².